The molecule has 2 unspecified atom stereocenters. The summed E-state index contributed by atoms with van der Waals surface area (Å²) in [5.74, 6) is 1.66. The van der Waals surface area contributed by atoms with E-state index in [-0.39, 0.29) is 17.9 Å². The Morgan fingerprint density at radius 3 is 3.00 bits per heavy atom. The van der Waals surface area contributed by atoms with Gasteiger partial charge in [0.2, 0.25) is 5.91 Å². The monoisotopic (exact) mass is 237 g/mol. The lowest BCUT2D eigenvalue weighted by Gasteiger charge is -2.16. The minimum absolute atomic E-state index is 0.0321. The Balaban J connectivity index is 2.05. The van der Waals surface area contributed by atoms with Gasteiger partial charge in [-0.15, -0.1) is 10.2 Å². The Kier molecular flexibility index (Phi) is 3.42. The van der Waals surface area contributed by atoms with Gasteiger partial charge in [0.05, 0.1) is 6.04 Å². The number of hydrogen-bond acceptors (Lipinski definition) is 4. The molecule has 0 saturated carbocycles. The third-order valence-electron chi connectivity index (χ3n) is 3.19. The van der Waals surface area contributed by atoms with Gasteiger partial charge >= 0.3 is 0 Å². The molecule has 2 atom stereocenters. The topological polar surface area (TPSA) is 85.8 Å². The fraction of sp³-hybridized carbons (Fsp3) is 0.727. The molecule has 3 N–H and O–H groups in total. The van der Waals surface area contributed by atoms with Gasteiger partial charge in [-0.25, -0.2) is 0 Å². The van der Waals surface area contributed by atoms with Crippen LogP contribution in [-0.4, -0.2) is 27.2 Å². The molecular formula is C11H19N5O. The zero-order valence-corrected chi connectivity index (χ0v) is 10.3. The number of aromatic nitrogens is 3. The Morgan fingerprint density at radius 2 is 2.29 bits per heavy atom. The van der Waals surface area contributed by atoms with Crippen LogP contribution in [0.5, 0.6) is 0 Å². The number of carbonyl (C=O) groups is 1. The predicted octanol–water partition coefficient (Wildman–Crippen LogP) is -0.00370. The smallest absolute Gasteiger partial charge is 0.224 e. The highest BCUT2D eigenvalue weighted by atomic mass is 16.1. The summed E-state index contributed by atoms with van der Waals surface area (Å²) in [7, 11) is 0. The predicted molar refractivity (Wildman–Crippen MR) is 63.1 cm³/mol. The van der Waals surface area contributed by atoms with Crippen molar-refractivity contribution in [1.29, 1.82) is 0 Å². The molecule has 1 aliphatic rings. The molecule has 0 spiro atoms. The maximum Gasteiger partial charge on any atom is 0.224 e. The van der Waals surface area contributed by atoms with Crippen molar-refractivity contribution in [3.8, 4) is 0 Å². The molecule has 0 radical (unpaired) electrons. The van der Waals surface area contributed by atoms with Gasteiger partial charge in [-0.05, 0) is 13.3 Å². The molecule has 0 fully saturated rings. The van der Waals surface area contributed by atoms with Crippen molar-refractivity contribution in [2.24, 2.45) is 11.7 Å². The highest BCUT2D eigenvalue weighted by molar-refractivity contribution is 5.78. The van der Waals surface area contributed by atoms with Gasteiger partial charge < -0.3 is 15.6 Å². The standard InChI is InChI=1S/C11H19N5O/c1-7(6-12)11(17)13-8(2)10-15-14-9-4-3-5-16(9)10/h7-8H,3-6,12H2,1-2H3,(H,13,17). The van der Waals surface area contributed by atoms with Crippen LogP contribution in [-0.2, 0) is 17.8 Å². The van der Waals surface area contributed by atoms with E-state index in [2.05, 4.69) is 20.1 Å². The maximum atomic E-state index is 11.7. The molecule has 0 aliphatic carbocycles. The number of amides is 1. The van der Waals surface area contributed by atoms with Crippen molar-refractivity contribution in [1.82, 2.24) is 20.1 Å². The third kappa shape index (κ3) is 2.31. The molecule has 2 rings (SSSR count). The van der Waals surface area contributed by atoms with E-state index < -0.39 is 0 Å². The van der Waals surface area contributed by atoms with Gasteiger partial charge in [0.15, 0.2) is 5.82 Å². The first-order valence-corrected chi connectivity index (χ1v) is 6.06. The number of nitrogens with zero attached hydrogens (tertiary/aromatic N) is 3. The van der Waals surface area contributed by atoms with Gasteiger partial charge in [-0.2, -0.15) is 0 Å². The lowest BCUT2D eigenvalue weighted by Crippen LogP contribution is -2.35. The van der Waals surface area contributed by atoms with E-state index in [9.17, 15) is 4.79 Å². The summed E-state index contributed by atoms with van der Waals surface area (Å²) in [5, 5.41) is 11.2. The SMILES string of the molecule is CC(CN)C(=O)NC(C)c1nnc2n1CCC2. The van der Waals surface area contributed by atoms with Gasteiger partial charge in [-0.1, -0.05) is 6.92 Å². The zero-order valence-electron chi connectivity index (χ0n) is 10.3. The van der Waals surface area contributed by atoms with E-state index in [0.29, 0.717) is 6.54 Å². The Hall–Kier alpha value is -1.43. The highest BCUT2D eigenvalue weighted by Gasteiger charge is 2.23. The normalized spacial score (nSPS) is 17.6. The molecule has 6 nitrogen and oxygen atoms in total. The Labute approximate surface area is 101 Å². The summed E-state index contributed by atoms with van der Waals surface area (Å²) in [5.41, 5.74) is 5.46. The molecule has 94 valence electrons. The van der Waals surface area contributed by atoms with E-state index in [1.54, 1.807) is 0 Å². The second-order valence-electron chi connectivity index (χ2n) is 4.60. The van der Waals surface area contributed by atoms with Crippen LogP contribution < -0.4 is 11.1 Å². The largest absolute Gasteiger partial charge is 0.346 e. The number of carbonyl (C=O) groups excluding carboxylic acids is 1. The van der Waals surface area contributed by atoms with Crippen LogP contribution in [0.1, 0.15) is 38.0 Å². The Bertz CT molecular complexity index is 414. The molecule has 2 heterocycles. The average Bonchev–Trinajstić information content (AvgIpc) is 2.88. The lowest BCUT2D eigenvalue weighted by molar-refractivity contribution is -0.124. The highest BCUT2D eigenvalue weighted by Crippen LogP contribution is 2.18. The molecular weight excluding hydrogens is 218 g/mol. The minimum atomic E-state index is -0.168. The first kappa shape index (κ1) is 12.0. The summed E-state index contributed by atoms with van der Waals surface area (Å²) < 4.78 is 2.10. The van der Waals surface area contributed by atoms with E-state index in [1.807, 2.05) is 13.8 Å². The molecule has 17 heavy (non-hydrogen) atoms. The number of nitrogens with one attached hydrogen (secondary N) is 1. The molecule has 1 amide bonds. The van der Waals surface area contributed by atoms with E-state index in [1.165, 1.54) is 0 Å². The van der Waals surface area contributed by atoms with Crippen molar-refractivity contribution in [3.63, 3.8) is 0 Å². The average molecular weight is 237 g/mol. The zero-order chi connectivity index (χ0) is 12.4. The van der Waals surface area contributed by atoms with Crippen LogP contribution >= 0.6 is 0 Å². The third-order valence-corrected chi connectivity index (χ3v) is 3.19. The van der Waals surface area contributed by atoms with Crippen LogP contribution in [0.25, 0.3) is 0 Å². The van der Waals surface area contributed by atoms with Crippen LogP contribution in [0.3, 0.4) is 0 Å². The molecule has 0 bridgehead atoms. The summed E-state index contributed by atoms with van der Waals surface area (Å²) in [4.78, 5) is 11.7. The summed E-state index contributed by atoms with van der Waals surface area (Å²) in [6.45, 7) is 5.05. The van der Waals surface area contributed by atoms with Crippen LogP contribution in [0.15, 0.2) is 0 Å². The fourth-order valence-corrected chi connectivity index (χ4v) is 2.02. The van der Waals surface area contributed by atoms with E-state index in [4.69, 9.17) is 5.73 Å². The molecule has 1 aromatic rings. The number of hydrogen-bond donors (Lipinski definition) is 2. The van der Waals surface area contributed by atoms with Gasteiger partial charge in [0, 0.05) is 25.4 Å². The van der Waals surface area contributed by atoms with Gasteiger partial charge in [0.25, 0.3) is 0 Å². The van der Waals surface area contributed by atoms with E-state index in [0.717, 1.165) is 31.0 Å². The molecule has 1 aliphatic heterocycles. The molecule has 0 saturated heterocycles. The molecule has 1 aromatic heterocycles. The fourth-order valence-electron chi connectivity index (χ4n) is 2.02. The van der Waals surface area contributed by atoms with Crippen molar-refractivity contribution in [2.45, 2.75) is 39.3 Å². The lowest BCUT2D eigenvalue weighted by atomic mass is 10.1. The van der Waals surface area contributed by atoms with Crippen molar-refractivity contribution >= 4 is 5.91 Å². The minimum Gasteiger partial charge on any atom is -0.346 e. The summed E-state index contributed by atoms with van der Waals surface area (Å²) in [6, 6.07) is -0.115. The molecule has 6 heteroatoms. The number of fused-ring (bicyclic) bond motifs is 1. The van der Waals surface area contributed by atoms with Gasteiger partial charge in [0.1, 0.15) is 5.82 Å². The molecule has 0 aromatic carbocycles. The summed E-state index contributed by atoms with van der Waals surface area (Å²) >= 11 is 0. The van der Waals surface area contributed by atoms with E-state index >= 15 is 0 Å². The summed E-state index contributed by atoms with van der Waals surface area (Å²) in [6.07, 6.45) is 2.09. The van der Waals surface area contributed by atoms with Gasteiger partial charge in [-0.3, -0.25) is 4.79 Å². The number of rotatable bonds is 4. The number of nitrogens with two attached hydrogens (primary N) is 1. The quantitative estimate of drug-likeness (QED) is 0.771. The van der Waals surface area contributed by atoms with Crippen molar-refractivity contribution < 1.29 is 4.79 Å². The Morgan fingerprint density at radius 1 is 1.53 bits per heavy atom. The van der Waals surface area contributed by atoms with Crippen LogP contribution in [0, 0.1) is 5.92 Å². The second-order valence-corrected chi connectivity index (χ2v) is 4.60. The second kappa shape index (κ2) is 4.83. The first-order valence-electron chi connectivity index (χ1n) is 6.06. The van der Waals surface area contributed by atoms with Crippen LogP contribution in [0.2, 0.25) is 0 Å². The maximum absolute atomic E-state index is 11.7. The van der Waals surface area contributed by atoms with Crippen molar-refractivity contribution in [3.05, 3.63) is 11.6 Å². The van der Waals surface area contributed by atoms with Crippen LogP contribution in [0.4, 0.5) is 0 Å². The first-order chi connectivity index (χ1) is 8.13. The van der Waals surface area contributed by atoms with Crippen molar-refractivity contribution in [2.75, 3.05) is 6.54 Å². The number of aryl methyl sites for hydroxylation is 1.